The molecular weight excluding hydrogens is 575 g/mol. The van der Waals surface area contributed by atoms with Crippen LogP contribution < -0.4 is 5.32 Å². The molecule has 0 aliphatic carbocycles. The minimum Gasteiger partial charge on any atom is -0.479 e. The van der Waals surface area contributed by atoms with Gasteiger partial charge in [0.15, 0.2) is 6.04 Å². The van der Waals surface area contributed by atoms with Crippen molar-refractivity contribution in [3.8, 4) is 0 Å². The Morgan fingerprint density at radius 2 is 1.71 bits per heavy atom. The van der Waals surface area contributed by atoms with Crippen LogP contribution in [0, 0.1) is 3.57 Å². The highest BCUT2D eigenvalue weighted by atomic mass is 127. The second-order valence-electron chi connectivity index (χ2n) is 7.00. The molecule has 1 heterocycles. The predicted molar refractivity (Wildman–Crippen MR) is 128 cm³/mol. The van der Waals surface area contributed by atoms with Gasteiger partial charge < -0.3 is 15.3 Å². The van der Waals surface area contributed by atoms with Crippen LogP contribution in [0.15, 0.2) is 77.3 Å². The van der Waals surface area contributed by atoms with Crippen molar-refractivity contribution in [2.75, 3.05) is 5.32 Å². The highest BCUT2D eigenvalue weighted by molar-refractivity contribution is 14.1. The molecule has 4 rings (SSSR count). The van der Waals surface area contributed by atoms with Gasteiger partial charge in [0.2, 0.25) is 0 Å². The number of halogens is 2. The van der Waals surface area contributed by atoms with Crippen LogP contribution in [-0.2, 0) is 9.59 Å². The van der Waals surface area contributed by atoms with Crippen LogP contribution in [0.2, 0.25) is 0 Å². The SMILES string of the molecule is O=C(O)C(c1ccccc1)N1C(=O)c2cc(I)ccc2NC(=O)C1c1ccc(Br)cc1. The van der Waals surface area contributed by atoms with E-state index in [1.165, 1.54) is 0 Å². The average Bonchev–Trinajstić information content (AvgIpc) is 2.85. The average molecular weight is 591 g/mol. The van der Waals surface area contributed by atoms with Gasteiger partial charge in [-0.3, -0.25) is 9.59 Å². The van der Waals surface area contributed by atoms with Gasteiger partial charge in [0.25, 0.3) is 11.8 Å². The number of carbonyl (C=O) groups is 3. The van der Waals surface area contributed by atoms with Crippen molar-refractivity contribution in [1.82, 2.24) is 4.90 Å². The molecule has 3 aromatic carbocycles. The van der Waals surface area contributed by atoms with Crippen molar-refractivity contribution in [3.63, 3.8) is 0 Å². The summed E-state index contributed by atoms with van der Waals surface area (Å²) in [6.07, 6.45) is 0. The number of hydrogen-bond donors (Lipinski definition) is 2. The van der Waals surface area contributed by atoms with E-state index in [0.29, 0.717) is 16.8 Å². The smallest absolute Gasteiger partial charge is 0.331 e. The monoisotopic (exact) mass is 590 g/mol. The molecule has 156 valence electrons. The van der Waals surface area contributed by atoms with Gasteiger partial charge >= 0.3 is 5.97 Å². The quantitative estimate of drug-likeness (QED) is 0.418. The van der Waals surface area contributed by atoms with Crippen LogP contribution in [0.4, 0.5) is 5.69 Å². The molecule has 0 saturated heterocycles. The minimum absolute atomic E-state index is 0.252. The lowest BCUT2D eigenvalue weighted by atomic mass is 9.98. The number of carboxylic acid groups (broad SMARTS) is 1. The third-order valence-electron chi connectivity index (χ3n) is 5.04. The van der Waals surface area contributed by atoms with Gasteiger partial charge in [-0.2, -0.15) is 0 Å². The zero-order chi connectivity index (χ0) is 22.1. The number of carbonyl (C=O) groups excluding carboxylic acids is 2. The number of fused-ring (bicyclic) bond motifs is 1. The lowest BCUT2D eigenvalue weighted by molar-refractivity contribution is -0.144. The lowest BCUT2D eigenvalue weighted by Crippen LogP contribution is -2.44. The van der Waals surface area contributed by atoms with Gasteiger partial charge in [0.1, 0.15) is 6.04 Å². The van der Waals surface area contributed by atoms with Gasteiger partial charge in [-0.1, -0.05) is 58.4 Å². The van der Waals surface area contributed by atoms with Crippen LogP contribution in [0.1, 0.15) is 33.6 Å². The summed E-state index contributed by atoms with van der Waals surface area (Å²) in [6.45, 7) is 0. The second kappa shape index (κ2) is 8.80. The molecule has 1 aliphatic heterocycles. The highest BCUT2D eigenvalue weighted by Gasteiger charge is 2.43. The Balaban J connectivity index is 1.96. The van der Waals surface area contributed by atoms with Crippen LogP contribution in [-0.4, -0.2) is 27.8 Å². The maximum atomic E-state index is 13.8. The van der Waals surface area contributed by atoms with E-state index in [-0.39, 0.29) is 5.56 Å². The zero-order valence-corrected chi connectivity index (χ0v) is 19.7. The van der Waals surface area contributed by atoms with Crippen molar-refractivity contribution in [3.05, 3.63) is 97.5 Å². The summed E-state index contributed by atoms with van der Waals surface area (Å²) in [5, 5.41) is 13.0. The molecule has 2 unspecified atom stereocenters. The standard InChI is InChI=1S/C23H16BrIN2O4/c24-15-8-6-14(7-9-15)19-21(28)26-18-11-10-16(25)12-17(18)22(29)27(19)20(23(30)31)13-4-2-1-3-5-13/h1-12,19-20H,(H,26,28)(H,30,31). The van der Waals surface area contributed by atoms with E-state index in [1.807, 2.05) is 0 Å². The summed E-state index contributed by atoms with van der Waals surface area (Å²) < 4.78 is 1.60. The van der Waals surface area contributed by atoms with E-state index in [4.69, 9.17) is 0 Å². The number of nitrogens with one attached hydrogen (secondary N) is 1. The van der Waals surface area contributed by atoms with Crippen molar-refractivity contribution in [2.24, 2.45) is 0 Å². The molecule has 0 radical (unpaired) electrons. The van der Waals surface area contributed by atoms with E-state index < -0.39 is 29.9 Å². The number of amides is 2. The maximum absolute atomic E-state index is 13.8. The maximum Gasteiger partial charge on any atom is 0.331 e. The first-order valence-corrected chi connectivity index (χ1v) is 11.2. The molecule has 1 aliphatic rings. The number of aliphatic carboxylic acids is 1. The van der Waals surface area contributed by atoms with Crippen LogP contribution >= 0.6 is 38.5 Å². The topological polar surface area (TPSA) is 86.7 Å². The fourth-order valence-corrected chi connectivity index (χ4v) is 4.42. The van der Waals surface area contributed by atoms with E-state index in [9.17, 15) is 19.5 Å². The van der Waals surface area contributed by atoms with Gasteiger partial charge in [-0.05, 0) is 64.0 Å². The number of benzene rings is 3. The molecule has 2 amide bonds. The molecule has 0 saturated carbocycles. The van der Waals surface area contributed by atoms with Gasteiger partial charge in [-0.25, -0.2) is 4.79 Å². The van der Waals surface area contributed by atoms with E-state index in [2.05, 4.69) is 43.8 Å². The first kappa shape index (κ1) is 21.5. The molecule has 0 bridgehead atoms. The van der Waals surface area contributed by atoms with E-state index in [1.54, 1.807) is 72.8 Å². The summed E-state index contributed by atoms with van der Waals surface area (Å²) in [5.41, 5.74) is 1.53. The van der Waals surface area contributed by atoms with Crippen molar-refractivity contribution >= 4 is 62.0 Å². The molecule has 6 nitrogen and oxygen atoms in total. The molecule has 2 N–H and O–H groups in total. The first-order chi connectivity index (χ1) is 14.9. The Hall–Kier alpha value is -2.72. The zero-order valence-electron chi connectivity index (χ0n) is 16.0. The summed E-state index contributed by atoms with van der Waals surface area (Å²) in [6, 6.07) is 18.0. The molecule has 8 heteroatoms. The lowest BCUT2D eigenvalue weighted by Gasteiger charge is -2.34. The van der Waals surface area contributed by atoms with Gasteiger partial charge in [-0.15, -0.1) is 0 Å². The predicted octanol–water partition coefficient (Wildman–Crippen LogP) is 5.02. The number of anilines is 1. The van der Waals surface area contributed by atoms with Crippen molar-refractivity contribution in [2.45, 2.75) is 12.1 Å². The van der Waals surface area contributed by atoms with Crippen LogP contribution in [0.3, 0.4) is 0 Å². The molecular formula is C23H16BrIN2O4. The number of rotatable bonds is 4. The third-order valence-corrected chi connectivity index (χ3v) is 6.24. The molecule has 31 heavy (non-hydrogen) atoms. The highest BCUT2D eigenvalue weighted by Crippen LogP contribution is 2.38. The molecule has 0 aromatic heterocycles. The number of hydrogen-bond acceptors (Lipinski definition) is 3. The summed E-state index contributed by atoms with van der Waals surface area (Å²) in [5.74, 6) is -2.22. The summed E-state index contributed by atoms with van der Waals surface area (Å²) in [7, 11) is 0. The van der Waals surface area contributed by atoms with Crippen LogP contribution in [0.5, 0.6) is 0 Å². The summed E-state index contributed by atoms with van der Waals surface area (Å²) >= 11 is 5.45. The Morgan fingerprint density at radius 1 is 1.03 bits per heavy atom. The Bertz CT molecular complexity index is 1170. The Labute approximate surface area is 200 Å². The van der Waals surface area contributed by atoms with E-state index in [0.717, 1.165) is 12.9 Å². The molecule has 3 aromatic rings. The molecule has 0 fully saturated rings. The largest absolute Gasteiger partial charge is 0.479 e. The van der Waals surface area contributed by atoms with Gasteiger partial charge in [0, 0.05) is 8.04 Å². The third kappa shape index (κ3) is 4.22. The fraction of sp³-hybridized carbons (Fsp3) is 0.0870. The Morgan fingerprint density at radius 3 is 2.35 bits per heavy atom. The van der Waals surface area contributed by atoms with Crippen LogP contribution in [0.25, 0.3) is 0 Å². The van der Waals surface area contributed by atoms with Crippen molar-refractivity contribution in [1.29, 1.82) is 0 Å². The minimum atomic E-state index is -1.35. The second-order valence-corrected chi connectivity index (χ2v) is 9.16. The normalized spacial score (nSPS) is 16.8. The van der Waals surface area contributed by atoms with E-state index >= 15 is 0 Å². The fourth-order valence-electron chi connectivity index (χ4n) is 3.67. The number of nitrogens with zero attached hydrogens (tertiary/aromatic N) is 1. The first-order valence-electron chi connectivity index (χ1n) is 9.33. The van der Waals surface area contributed by atoms with Crippen molar-refractivity contribution < 1.29 is 19.5 Å². The van der Waals surface area contributed by atoms with Gasteiger partial charge in [0.05, 0.1) is 11.3 Å². The molecule has 2 atom stereocenters. The number of carboxylic acids is 1. The summed E-state index contributed by atoms with van der Waals surface area (Å²) in [4.78, 5) is 40.7. The molecule has 0 spiro atoms. The Kier molecular flexibility index (Phi) is 6.10.